The molecule has 0 saturated carbocycles. The predicted octanol–water partition coefficient (Wildman–Crippen LogP) is 2.33. The Morgan fingerprint density at radius 2 is 2.25 bits per heavy atom. The highest BCUT2D eigenvalue weighted by atomic mass is 32.2. The van der Waals surface area contributed by atoms with Gasteiger partial charge in [-0.15, -0.1) is 0 Å². The molecule has 0 amide bonds. The van der Waals surface area contributed by atoms with Gasteiger partial charge in [-0.25, -0.2) is 4.40 Å². The Balaban J connectivity index is 2.04. The van der Waals surface area contributed by atoms with E-state index in [2.05, 4.69) is 44.8 Å². The van der Waals surface area contributed by atoms with Crippen LogP contribution in [0.2, 0.25) is 0 Å². The lowest BCUT2D eigenvalue weighted by Crippen LogP contribution is -2.24. The molecule has 3 aliphatic rings. The number of hydrogen-bond acceptors (Lipinski definition) is 4. The van der Waals surface area contributed by atoms with E-state index in [-0.39, 0.29) is 0 Å². The number of allylic oxidation sites excluding steroid dienone is 5. The lowest BCUT2D eigenvalue weighted by Gasteiger charge is -2.27. The fourth-order valence-corrected chi connectivity index (χ4v) is 2.35. The van der Waals surface area contributed by atoms with Gasteiger partial charge in [-0.3, -0.25) is 4.99 Å². The number of aliphatic imine (C=N–C) groups is 1. The zero-order valence-corrected chi connectivity index (χ0v) is 9.52. The molecule has 3 aliphatic heterocycles. The summed E-state index contributed by atoms with van der Waals surface area (Å²) in [5, 5.41) is 0. The molecule has 0 aromatic rings. The highest BCUT2D eigenvalue weighted by Gasteiger charge is 2.17. The first-order valence-corrected chi connectivity index (χ1v) is 6.12. The minimum Gasteiger partial charge on any atom is -0.344 e. The molecule has 3 heterocycles. The number of rotatable bonds is 1. The molecule has 0 radical (unpaired) electrons. The van der Waals surface area contributed by atoms with Gasteiger partial charge in [-0.2, -0.15) is 0 Å². The molecule has 80 valence electrons. The van der Waals surface area contributed by atoms with E-state index in [1.807, 2.05) is 12.3 Å². The van der Waals surface area contributed by atoms with Gasteiger partial charge in [0.05, 0.1) is 11.4 Å². The summed E-state index contributed by atoms with van der Waals surface area (Å²) in [4.78, 5) is 6.46. The Kier molecular flexibility index (Phi) is 2.50. The van der Waals surface area contributed by atoms with Crippen molar-refractivity contribution < 1.29 is 0 Å². The van der Waals surface area contributed by atoms with E-state index >= 15 is 0 Å². The Hall–Kier alpha value is -1.55. The molecule has 0 spiro atoms. The molecule has 4 heteroatoms. The van der Waals surface area contributed by atoms with Crippen LogP contribution in [0.3, 0.4) is 0 Å². The zero-order valence-electron chi connectivity index (χ0n) is 8.71. The number of hydrogen-bond donors (Lipinski definition) is 0. The van der Waals surface area contributed by atoms with Gasteiger partial charge < -0.3 is 4.90 Å². The van der Waals surface area contributed by atoms with Crippen molar-refractivity contribution in [1.29, 1.82) is 0 Å². The van der Waals surface area contributed by atoms with Crippen LogP contribution in [0.25, 0.3) is 0 Å². The lowest BCUT2D eigenvalue weighted by molar-refractivity contribution is 0.521. The van der Waals surface area contributed by atoms with E-state index in [0.29, 0.717) is 0 Å². The summed E-state index contributed by atoms with van der Waals surface area (Å²) in [7, 11) is 0. The largest absolute Gasteiger partial charge is 0.344 e. The summed E-state index contributed by atoms with van der Waals surface area (Å²) in [6, 6.07) is 0. The maximum atomic E-state index is 4.43. The fourth-order valence-electron chi connectivity index (χ4n) is 1.86. The first kappa shape index (κ1) is 9.66. The molecule has 0 N–H and O–H groups in total. The van der Waals surface area contributed by atoms with Crippen LogP contribution in [0.5, 0.6) is 0 Å². The molecule has 0 bridgehead atoms. The van der Waals surface area contributed by atoms with Crippen molar-refractivity contribution in [2.24, 2.45) is 9.39 Å². The van der Waals surface area contributed by atoms with E-state index in [9.17, 15) is 0 Å². The third-order valence-corrected chi connectivity index (χ3v) is 3.18. The SMILES string of the molecule is C1=CC2=C(C3=NSCN=C3)C=CCN2C=C1. The van der Waals surface area contributed by atoms with Crippen LogP contribution in [0.15, 0.2) is 57.2 Å². The molecule has 16 heavy (non-hydrogen) atoms. The number of fused-ring (bicyclic) bond motifs is 1. The van der Waals surface area contributed by atoms with E-state index in [4.69, 9.17) is 0 Å². The molecule has 0 aromatic carbocycles. The fraction of sp³-hybridized carbons (Fsp3) is 0.167. The first-order valence-electron chi connectivity index (χ1n) is 5.17. The van der Waals surface area contributed by atoms with Gasteiger partial charge in [0.15, 0.2) is 0 Å². The smallest absolute Gasteiger partial charge is 0.106 e. The monoisotopic (exact) mass is 229 g/mol. The molecule has 3 nitrogen and oxygen atoms in total. The third kappa shape index (κ3) is 1.65. The van der Waals surface area contributed by atoms with Gasteiger partial charge in [0.1, 0.15) is 5.88 Å². The van der Waals surface area contributed by atoms with Crippen molar-refractivity contribution in [3.8, 4) is 0 Å². The third-order valence-electron chi connectivity index (χ3n) is 2.59. The highest BCUT2D eigenvalue weighted by molar-refractivity contribution is 7.98. The van der Waals surface area contributed by atoms with Crippen molar-refractivity contribution in [3.05, 3.63) is 47.9 Å². The van der Waals surface area contributed by atoms with Gasteiger partial charge >= 0.3 is 0 Å². The van der Waals surface area contributed by atoms with Crippen LogP contribution in [0.4, 0.5) is 0 Å². The van der Waals surface area contributed by atoms with Crippen LogP contribution in [-0.4, -0.2) is 29.2 Å². The molecule has 0 atom stereocenters. The normalized spacial score (nSPS) is 22.5. The highest BCUT2D eigenvalue weighted by Crippen LogP contribution is 2.24. The second-order valence-electron chi connectivity index (χ2n) is 3.60. The average Bonchev–Trinajstić information content (AvgIpc) is 2.39. The van der Waals surface area contributed by atoms with Crippen LogP contribution in [0.1, 0.15) is 0 Å². The van der Waals surface area contributed by atoms with Crippen molar-refractivity contribution in [2.75, 3.05) is 12.4 Å². The minimum absolute atomic E-state index is 0.731. The predicted molar refractivity (Wildman–Crippen MR) is 69.5 cm³/mol. The zero-order chi connectivity index (χ0) is 10.8. The maximum absolute atomic E-state index is 4.43. The molecule has 0 fully saturated rings. The summed E-state index contributed by atoms with van der Waals surface area (Å²) < 4.78 is 4.43. The molecular formula is C12H11N3S. The van der Waals surface area contributed by atoms with Crippen molar-refractivity contribution in [3.63, 3.8) is 0 Å². The van der Waals surface area contributed by atoms with Crippen LogP contribution in [0, 0.1) is 0 Å². The minimum atomic E-state index is 0.731. The van der Waals surface area contributed by atoms with Gasteiger partial charge in [-0.1, -0.05) is 18.2 Å². The lowest BCUT2D eigenvalue weighted by atomic mass is 10.0. The number of nitrogens with zero attached hydrogens (tertiary/aromatic N) is 3. The summed E-state index contributed by atoms with van der Waals surface area (Å²) in [5.74, 6) is 0.731. The summed E-state index contributed by atoms with van der Waals surface area (Å²) in [6.07, 6.45) is 14.5. The maximum Gasteiger partial charge on any atom is 0.106 e. The van der Waals surface area contributed by atoms with Crippen molar-refractivity contribution in [1.82, 2.24) is 4.90 Å². The Morgan fingerprint density at radius 3 is 3.12 bits per heavy atom. The Bertz CT molecular complexity index is 480. The molecule has 0 unspecified atom stereocenters. The second-order valence-corrected chi connectivity index (χ2v) is 4.30. The molecule has 0 aliphatic carbocycles. The van der Waals surface area contributed by atoms with E-state index in [1.54, 1.807) is 0 Å². The topological polar surface area (TPSA) is 28.0 Å². The molecular weight excluding hydrogens is 218 g/mol. The van der Waals surface area contributed by atoms with Gasteiger partial charge in [-0.05, 0) is 24.1 Å². The summed E-state index contributed by atoms with van der Waals surface area (Å²) in [6.45, 7) is 0.928. The van der Waals surface area contributed by atoms with Crippen LogP contribution < -0.4 is 0 Å². The summed E-state index contributed by atoms with van der Waals surface area (Å²) in [5.41, 5.74) is 3.33. The first-order chi connectivity index (χ1) is 7.95. The van der Waals surface area contributed by atoms with E-state index in [1.165, 1.54) is 17.6 Å². The second kappa shape index (κ2) is 4.14. The standard InChI is InChI=1S/C12H11N3S/c1-2-6-15-7-3-4-10(12(15)5-1)11-8-13-9-16-14-11/h1-6,8H,7,9H2. The Labute approximate surface area is 98.8 Å². The molecule has 0 aromatic heterocycles. The Morgan fingerprint density at radius 1 is 1.25 bits per heavy atom. The van der Waals surface area contributed by atoms with Crippen LogP contribution in [-0.2, 0) is 0 Å². The van der Waals surface area contributed by atoms with Gasteiger partial charge in [0.2, 0.25) is 0 Å². The van der Waals surface area contributed by atoms with Gasteiger partial charge in [0, 0.05) is 24.5 Å². The van der Waals surface area contributed by atoms with E-state index in [0.717, 1.165) is 23.7 Å². The van der Waals surface area contributed by atoms with Crippen molar-refractivity contribution in [2.45, 2.75) is 0 Å². The molecule has 0 saturated heterocycles. The van der Waals surface area contributed by atoms with E-state index < -0.39 is 0 Å². The average molecular weight is 229 g/mol. The summed E-state index contributed by atoms with van der Waals surface area (Å²) >= 11 is 1.50. The quantitative estimate of drug-likeness (QED) is 0.645. The molecule has 3 rings (SSSR count). The van der Waals surface area contributed by atoms with Crippen LogP contribution >= 0.6 is 11.9 Å². The van der Waals surface area contributed by atoms with Gasteiger partial charge in [0.25, 0.3) is 0 Å². The van der Waals surface area contributed by atoms with Crippen molar-refractivity contribution >= 4 is 23.9 Å².